The summed E-state index contributed by atoms with van der Waals surface area (Å²) in [7, 11) is -1.12. The van der Waals surface area contributed by atoms with Crippen molar-refractivity contribution in [2.75, 3.05) is 0 Å². The van der Waals surface area contributed by atoms with Crippen molar-refractivity contribution >= 4 is 27.0 Å². The van der Waals surface area contributed by atoms with E-state index in [2.05, 4.69) is 68.4 Å². The maximum absolute atomic E-state index is 4.61. The summed E-state index contributed by atoms with van der Waals surface area (Å²) < 4.78 is 0. The monoisotopic (exact) mass is 362 g/mol. The predicted molar refractivity (Wildman–Crippen MR) is 106 cm³/mol. The molecular formula is C18H28N4P2. The summed E-state index contributed by atoms with van der Waals surface area (Å²) in [4.78, 5) is 18.4. The third-order valence-corrected chi connectivity index (χ3v) is 10.8. The van der Waals surface area contributed by atoms with Crippen molar-refractivity contribution in [2.45, 2.75) is 64.2 Å². The molecule has 2 rings (SSSR count). The van der Waals surface area contributed by atoms with Crippen molar-refractivity contribution in [1.82, 2.24) is 19.9 Å². The molecule has 2 atom stereocenters. The second-order valence-electron chi connectivity index (χ2n) is 7.81. The molecule has 2 aromatic heterocycles. The summed E-state index contributed by atoms with van der Waals surface area (Å²) in [6, 6.07) is 3.77. The van der Waals surface area contributed by atoms with E-state index in [1.54, 1.807) is 0 Å². The number of hydrogen-bond acceptors (Lipinski definition) is 4. The van der Waals surface area contributed by atoms with Crippen LogP contribution in [-0.4, -0.2) is 35.6 Å². The van der Waals surface area contributed by atoms with Gasteiger partial charge in [-0.2, -0.15) is 0 Å². The number of hydrogen-bond donors (Lipinski definition) is 0. The van der Waals surface area contributed by atoms with Gasteiger partial charge in [-0.3, -0.25) is 0 Å². The van der Waals surface area contributed by atoms with Crippen molar-refractivity contribution in [3.8, 4) is 0 Å². The molecule has 0 saturated carbocycles. The van der Waals surface area contributed by atoms with Gasteiger partial charge in [-0.15, -0.1) is 0 Å². The van der Waals surface area contributed by atoms with E-state index in [4.69, 9.17) is 0 Å². The van der Waals surface area contributed by atoms with E-state index in [0.29, 0.717) is 5.40 Å². The molecule has 0 bridgehead atoms. The average Bonchev–Trinajstić information content (AvgIpc) is 2.46. The highest BCUT2D eigenvalue weighted by molar-refractivity contribution is 7.83. The lowest BCUT2D eigenvalue weighted by atomic mass is 10.3. The van der Waals surface area contributed by atoms with Gasteiger partial charge in [0.15, 0.2) is 11.1 Å². The van der Waals surface area contributed by atoms with Gasteiger partial charge in [0, 0.05) is 30.2 Å². The Morgan fingerprint density at radius 3 is 1.21 bits per heavy atom. The highest BCUT2D eigenvalue weighted by Gasteiger charge is 2.42. The lowest BCUT2D eigenvalue weighted by Crippen LogP contribution is -2.34. The molecule has 0 aromatic carbocycles. The Hall–Kier alpha value is -0.980. The second kappa shape index (κ2) is 7.50. The van der Waals surface area contributed by atoms with E-state index < -0.39 is 15.8 Å². The summed E-state index contributed by atoms with van der Waals surface area (Å²) >= 11 is 0. The Labute approximate surface area is 148 Å². The molecule has 0 N–H and O–H groups in total. The molecule has 0 aliphatic heterocycles. The van der Waals surface area contributed by atoms with Crippen molar-refractivity contribution in [3.63, 3.8) is 0 Å². The number of aromatic nitrogens is 4. The van der Waals surface area contributed by atoms with Gasteiger partial charge in [-0.1, -0.05) is 48.5 Å². The van der Waals surface area contributed by atoms with Crippen LogP contribution in [0.15, 0.2) is 36.9 Å². The maximum atomic E-state index is 4.61. The highest BCUT2D eigenvalue weighted by atomic mass is 31.2. The van der Waals surface area contributed by atoms with Crippen molar-refractivity contribution in [2.24, 2.45) is 0 Å². The van der Waals surface area contributed by atoms with Gasteiger partial charge >= 0.3 is 0 Å². The van der Waals surface area contributed by atoms with Crippen LogP contribution >= 0.6 is 15.8 Å². The van der Waals surface area contributed by atoms with E-state index in [1.165, 1.54) is 0 Å². The molecule has 6 heteroatoms. The summed E-state index contributed by atoms with van der Waals surface area (Å²) in [5.41, 5.74) is 1.97. The van der Waals surface area contributed by atoms with Crippen LogP contribution in [0.4, 0.5) is 0 Å². The van der Waals surface area contributed by atoms with E-state index in [-0.39, 0.29) is 10.3 Å². The van der Waals surface area contributed by atoms with Crippen LogP contribution < -0.4 is 11.1 Å². The minimum atomic E-state index is -0.559. The fourth-order valence-corrected chi connectivity index (χ4v) is 11.5. The molecule has 130 valence electrons. The van der Waals surface area contributed by atoms with Gasteiger partial charge < -0.3 is 0 Å². The minimum absolute atomic E-state index is 0.122. The van der Waals surface area contributed by atoms with Gasteiger partial charge in [0.1, 0.15) is 0 Å². The lowest BCUT2D eigenvalue weighted by molar-refractivity contribution is 0.768. The highest BCUT2D eigenvalue weighted by Crippen LogP contribution is 2.66. The van der Waals surface area contributed by atoms with Crippen LogP contribution in [0, 0.1) is 0 Å². The zero-order valence-corrected chi connectivity index (χ0v) is 17.5. The predicted octanol–water partition coefficient (Wildman–Crippen LogP) is 4.12. The first kappa shape index (κ1) is 19.3. The summed E-state index contributed by atoms with van der Waals surface area (Å²) in [5, 5.41) is 0.674. The smallest absolute Gasteiger partial charge is 0.151 e. The van der Waals surface area contributed by atoms with Gasteiger partial charge in [-0.25, -0.2) is 19.9 Å². The maximum Gasteiger partial charge on any atom is 0.151 e. The molecule has 4 nitrogen and oxygen atoms in total. The molecule has 0 aliphatic rings. The minimum Gasteiger partial charge on any atom is -0.237 e. The van der Waals surface area contributed by atoms with Gasteiger partial charge in [-0.05, 0) is 38.3 Å². The zero-order valence-electron chi connectivity index (χ0n) is 15.7. The molecule has 0 aliphatic carbocycles. The lowest BCUT2D eigenvalue weighted by Gasteiger charge is -2.42. The van der Waals surface area contributed by atoms with E-state index >= 15 is 0 Å². The van der Waals surface area contributed by atoms with E-state index in [9.17, 15) is 0 Å². The van der Waals surface area contributed by atoms with E-state index in [1.807, 2.05) is 36.9 Å². The molecule has 0 saturated heterocycles. The molecule has 0 amide bonds. The zero-order chi connectivity index (χ0) is 18.0. The topological polar surface area (TPSA) is 51.6 Å². The molecule has 0 spiro atoms. The summed E-state index contributed by atoms with van der Waals surface area (Å²) in [5.74, 6) is 0. The Kier molecular flexibility index (Phi) is 6.04. The third kappa shape index (κ3) is 4.55. The summed E-state index contributed by atoms with van der Waals surface area (Å²) in [6.45, 7) is 16.1. The van der Waals surface area contributed by atoms with Crippen molar-refractivity contribution < 1.29 is 0 Å². The quantitative estimate of drug-likeness (QED) is 0.768. The summed E-state index contributed by atoms with van der Waals surface area (Å²) in [6.07, 6.45) is 7.42. The van der Waals surface area contributed by atoms with Crippen LogP contribution in [-0.2, 0) is 0 Å². The first-order chi connectivity index (χ1) is 11.1. The molecule has 2 aromatic rings. The third-order valence-electron chi connectivity index (χ3n) is 3.73. The molecule has 24 heavy (non-hydrogen) atoms. The van der Waals surface area contributed by atoms with E-state index in [0.717, 1.165) is 11.1 Å². The SMILES string of the molecule is CC(P(c1ncccn1)C(C)(C)C)P(c1ncccn1)C(C)(C)C. The fraction of sp³-hybridized carbons (Fsp3) is 0.556. The first-order valence-electron chi connectivity index (χ1n) is 8.25. The first-order valence-corrected chi connectivity index (χ1v) is 11.1. The largest absolute Gasteiger partial charge is 0.237 e. The average molecular weight is 362 g/mol. The van der Waals surface area contributed by atoms with Crippen molar-refractivity contribution in [1.29, 1.82) is 0 Å². The van der Waals surface area contributed by atoms with Crippen LogP contribution in [0.1, 0.15) is 48.5 Å². The fourth-order valence-electron chi connectivity index (χ4n) is 3.00. The van der Waals surface area contributed by atoms with Crippen LogP contribution in [0.25, 0.3) is 0 Å². The van der Waals surface area contributed by atoms with Crippen LogP contribution in [0.3, 0.4) is 0 Å². The molecule has 0 fully saturated rings. The molecule has 2 unspecified atom stereocenters. The number of rotatable bonds is 4. The molecule has 0 radical (unpaired) electrons. The normalized spacial score (nSPS) is 16.5. The standard InChI is InChI=1S/C18H28N4P2/c1-14(23(17(2,3)4)15-19-10-8-11-20-15)24(18(5,6)7)16-21-12-9-13-22-16/h8-14H,1-7H3. The molecule has 2 heterocycles. The Morgan fingerprint density at radius 1 is 0.667 bits per heavy atom. The Morgan fingerprint density at radius 2 is 0.958 bits per heavy atom. The second-order valence-corrected chi connectivity index (χ2v) is 14.7. The Bertz CT molecular complexity index is 578. The van der Waals surface area contributed by atoms with Crippen molar-refractivity contribution in [3.05, 3.63) is 36.9 Å². The van der Waals surface area contributed by atoms with Crippen LogP contribution in [0.5, 0.6) is 0 Å². The number of nitrogens with zero attached hydrogens (tertiary/aromatic N) is 4. The Balaban J connectivity index is 2.51. The van der Waals surface area contributed by atoms with Gasteiger partial charge in [0.2, 0.25) is 0 Å². The van der Waals surface area contributed by atoms with Gasteiger partial charge in [0.05, 0.1) is 0 Å². The van der Waals surface area contributed by atoms with Gasteiger partial charge in [0.25, 0.3) is 0 Å². The molecular weight excluding hydrogens is 334 g/mol. The van der Waals surface area contributed by atoms with Crippen LogP contribution in [0.2, 0.25) is 0 Å².